The number of aromatic nitrogens is 6. The lowest BCUT2D eigenvalue weighted by molar-refractivity contribution is -0.144. The second-order valence-electron chi connectivity index (χ2n) is 22.3. The Kier molecular flexibility index (Phi) is 22.7. The third-order valence-corrected chi connectivity index (χ3v) is 15.7. The molecule has 2 aliphatic rings. The van der Waals surface area contributed by atoms with E-state index in [0.29, 0.717) is 99.8 Å². The Balaban J connectivity index is 0.690. The van der Waals surface area contributed by atoms with Crippen molar-refractivity contribution >= 4 is 46.3 Å². The standard InChI is InChI=1S/C61H76F3N11O10S/c1-39(42-14-16-43(17-15-42)54-41(3)67-38-86-54)68-57(79)51-32-49(76)36-75(51)59(80)55(60(4,5)6)70-53(77)13-8-7-9-18-74-35-48(71-72-74)37-84-26-25-82-23-24-83-27-28-85-58-52(73-19-21-81-22-20-73)30-45(33-66-58)50-31-47(34-65-40(50)2)69-56(78)44-11-10-12-46(29-44)61(62,63)64/h10-12,14-17,29-31,33-35,38-39,49,51,55,76H,7-9,13,18-28,32,36-37H2,1-6H3,(H,68,79)(H,69,78)(H,70,77)/t39?,49-,51+,55?/m1/s1. The monoisotopic (exact) mass is 1210 g/mol. The third-order valence-electron chi connectivity index (χ3n) is 14.7. The van der Waals surface area contributed by atoms with E-state index in [4.69, 9.17) is 23.7 Å². The number of thiazole rings is 1. The minimum absolute atomic E-state index is 0.00849. The molecule has 2 aliphatic heterocycles. The van der Waals surface area contributed by atoms with Gasteiger partial charge in [0.05, 0.1) is 105 Å². The number of rotatable bonds is 28. The van der Waals surface area contributed by atoms with Crippen LogP contribution in [-0.2, 0) is 52.7 Å². The van der Waals surface area contributed by atoms with Gasteiger partial charge in [-0.25, -0.2) is 9.97 Å². The Morgan fingerprint density at radius 1 is 0.837 bits per heavy atom. The lowest BCUT2D eigenvalue weighted by Crippen LogP contribution is -2.57. The maximum absolute atomic E-state index is 14.1. The smallest absolute Gasteiger partial charge is 0.416 e. The molecule has 2 fully saturated rings. The number of likely N-dealkylation sites (tertiary alicyclic amines) is 1. The number of aliphatic hydroxyl groups excluding tert-OH is 1. The van der Waals surface area contributed by atoms with E-state index in [1.54, 1.807) is 28.3 Å². The number of nitrogens with zero attached hydrogens (tertiary/aromatic N) is 8. The van der Waals surface area contributed by atoms with Crippen molar-refractivity contribution in [1.29, 1.82) is 0 Å². The van der Waals surface area contributed by atoms with Crippen molar-refractivity contribution in [3.8, 4) is 27.4 Å². The summed E-state index contributed by atoms with van der Waals surface area (Å²) in [7, 11) is 0. The SMILES string of the molecule is Cc1ncc(NC(=O)c2cccc(C(F)(F)F)c2)cc1-c1cnc(OCCOCCOCCOCc2cn(CCCCCC(=O)NC(C(=O)N3C[C@H](O)C[C@H]3C(=O)NC(C)c3ccc(-c4scnc4C)cc3)C(C)(C)C)nn2)c(N2CCOCC2)c1. The van der Waals surface area contributed by atoms with E-state index in [9.17, 15) is 37.5 Å². The van der Waals surface area contributed by atoms with E-state index in [-0.39, 0.29) is 62.6 Å². The average molecular weight is 1210 g/mol. The van der Waals surface area contributed by atoms with Crippen molar-refractivity contribution in [1.82, 2.24) is 45.5 Å². The Morgan fingerprint density at radius 3 is 2.28 bits per heavy atom. The molecule has 25 heteroatoms. The summed E-state index contributed by atoms with van der Waals surface area (Å²) in [5, 5.41) is 27.7. The molecule has 0 saturated carbocycles. The van der Waals surface area contributed by atoms with Crippen LogP contribution in [0.1, 0.15) is 104 Å². The van der Waals surface area contributed by atoms with Crippen molar-refractivity contribution in [2.45, 2.75) is 117 Å². The molecule has 4 atom stereocenters. The highest BCUT2D eigenvalue weighted by Crippen LogP contribution is 2.35. The molecular formula is C61H76F3N11O10S. The van der Waals surface area contributed by atoms with Gasteiger partial charge in [0.2, 0.25) is 23.6 Å². The molecule has 4 amide bonds. The van der Waals surface area contributed by atoms with Crippen molar-refractivity contribution in [2.75, 3.05) is 82.7 Å². The second-order valence-corrected chi connectivity index (χ2v) is 23.2. The molecule has 8 rings (SSSR count). The number of pyridine rings is 2. The minimum atomic E-state index is -4.59. The molecule has 2 unspecified atom stereocenters. The second kappa shape index (κ2) is 30.3. The number of alkyl halides is 3. The van der Waals surface area contributed by atoms with E-state index in [1.165, 1.54) is 23.2 Å². The summed E-state index contributed by atoms with van der Waals surface area (Å²) in [4.78, 5) is 72.1. The number of morpholine rings is 1. The molecule has 6 aromatic rings. The van der Waals surface area contributed by atoms with Gasteiger partial charge in [-0.05, 0) is 80.5 Å². The number of aliphatic hydroxyl groups is 1. The Bertz CT molecular complexity index is 3220. The molecule has 4 aromatic heterocycles. The van der Waals surface area contributed by atoms with E-state index >= 15 is 0 Å². The summed E-state index contributed by atoms with van der Waals surface area (Å²) in [5.41, 5.74) is 6.71. The summed E-state index contributed by atoms with van der Waals surface area (Å²) in [6.07, 6.45) is 1.82. The quantitative estimate of drug-likeness (QED) is 0.0339. The summed E-state index contributed by atoms with van der Waals surface area (Å²) in [6.45, 7) is 16.2. The number of ether oxygens (including phenoxy) is 5. The maximum Gasteiger partial charge on any atom is 0.416 e. The number of anilines is 2. The molecule has 462 valence electrons. The van der Waals surface area contributed by atoms with Crippen LogP contribution >= 0.6 is 11.3 Å². The summed E-state index contributed by atoms with van der Waals surface area (Å²) >= 11 is 1.57. The summed E-state index contributed by atoms with van der Waals surface area (Å²) < 4.78 is 70.5. The van der Waals surface area contributed by atoms with Crippen LogP contribution in [0, 0.1) is 19.3 Å². The van der Waals surface area contributed by atoms with Crippen molar-refractivity contribution in [3.63, 3.8) is 0 Å². The number of hydrogen-bond acceptors (Lipinski definition) is 17. The zero-order chi connectivity index (χ0) is 61.4. The Labute approximate surface area is 502 Å². The molecule has 86 heavy (non-hydrogen) atoms. The fraction of sp³-hybridized carbons (Fsp3) is 0.492. The summed E-state index contributed by atoms with van der Waals surface area (Å²) in [6, 6.07) is 13.6. The highest BCUT2D eigenvalue weighted by molar-refractivity contribution is 7.13. The van der Waals surface area contributed by atoms with Gasteiger partial charge in [0.25, 0.3) is 5.91 Å². The van der Waals surface area contributed by atoms with Gasteiger partial charge in [0.1, 0.15) is 30.1 Å². The third kappa shape index (κ3) is 18.1. The van der Waals surface area contributed by atoms with Crippen LogP contribution in [0.2, 0.25) is 0 Å². The number of nitrogens with one attached hydrogen (secondary N) is 3. The normalized spacial score (nSPS) is 16.2. The molecule has 6 heterocycles. The zero-order valence-electron chi connectivity index (χ0n) is 49.4. The van der Waals surface area contributed by atoms with E-state index in [1.807, 2.05) is 83.6 Å². The Morgan fingerprint density at radius 2 is 1.57 bits per heavy atom. The molecule has 21 nitrogen and oxygen atoms in total. The van der Waals surface area contributed by atoms with Crippen molar-refractivity contribution < 1.29 is 61.1 Å². The lowest BCUT2D eigenvalue weighted by atomic mass is 9.85. The number of hydrogen-bond donors (Lipinski definition) is 4. The number of halogens is 3. The molecule has 0 spiro atoms. The highest BCUT2D eigenvalue weighted by Gasteiger charge is 2.45. The predicted octanol–water partition coefficient (Wildman–Crippen LogP) is 8.14. The number of β-amino-alcohol motifs (C(OH)–C–C–N with tert-alkyl or cyclic N) is 1. The molecule has 2 saturated heterocycles. The van der Waals surface area contributed by atoms with Gasteiger partial charge in [-0.1, -0.05) is 62.7 Å². The zero-order valence-corrected chi connectivity index (χ0v) is 50.2. The lowest BCUT2D eigenvalue weighted by Gasteiger charge is -2.35. The largest absolute Gasteiger partial charge is 0.474 e. The number of carbonyl (C=O) groups excluding carboxylic acids is 4. The van der Waals surface area contributed by atoms with Gasteiger partial charge in [-0.15, -0.1) is 16.4 Å². The van der Waals surface area contributed by atoms with E-state index in [0.717, 1.165) is 52.4 Å². The molecule has 0 radical (unpaired) electrons. The van der Waals surface area contributed by atoms with E-state index in [2.05, 4.69) is 46.1 Å². The van der Waals surface area contributed by atoms with Crippen LogP contribution in [0.15, 0.2) is 84.8 Å². The van der Waals surface area contributed by atoms with Crippen LogP contribution in [0.3, 0.4) is 0 Å². The average Bonchev–Trinajstić information content (AvgIpc) is 2.50. The fourth-order valence-electron chi connectivity index (χ4n) is 9.98. The van der Waals surface area contributed by atoms with Crippen LogP contribution in [0.5, 0.6) is 5.88 Å². The highest BCUT2D eigenvalue weighted by atomic mass is 32.1. The first-order valence-electron chi connectivity index (χ1n) is 28.8. The van der Waals surface area contributed by atoms with Crippen molar-refractivity contribution in [3.05, 3.63) is 119 Å². The van der Waals surface area contributed by atoms with Crippen LogP contribution < -0.4 is 25.6 Å². The minimum Gasteiger partial charge on any atom is -0.474 e. The maximum atomic E-state index is 14.1. The van der Waals surface area contributed by atoms with Crippen LogP contribution in [0.25, 0.3) is 21.6 Å². The molecule has 0 bridgehead atoms. The van der Waals surface area contributed by atoms with Crippen LogP contribution in [-0.4, -0.2) is 154 Å². The van der Waals surface area contributed by atoms with Crippen molar-refractivity contribution in [2.24, 2.45) is 5.41 Å². The van der Waals surface area contributed by atoms with Crippen LogP contribution in [0.4, 0.5) is 24.5 Å². The molecule has 2 aromatic carbocycles. The molecule has 0 aliphatic carbocycles. The molecular weight excluding hydrogens is 1140 g/mol. The number of carbonyl (C=O) groups is 4. The first kappa shape index (κ1) is 64.6. The topological polar surface area (TPSA) is 247 Å². The number of amides is 4. The fourth-order valence-corrected chi connectivity index (χ4v) is 10.8. The van der Waals surface area contributed by atoms with Gasteiger partial charge in [0, 0.05) is 67.6 Å². The first-order chi connectivity index (χ1) is 41.2. The Hall–Kier alpha value is -7.42. The van der Waals surface area contributed by atoms with Gasteiger partial charge in [0.15, 0.2) is 0 Å². The van der Waals surface area contributed by atoms with Gasteiger partial charge in [-0.3, -0.25) is 28.8 Å². The van der Waals surface area contributed by atoms with Gasteiger partial charge in [-0.2, -0.15) is 13.2 Å². The number of unbranched alkanes of at least 4 members (excludes halogenated alkanes) is 2. The van der Waals surface area contributed by atoms with Gasteiger partial charge < -0.3 is 54.5 Å². The summed E-state index contributed by atoms with van der Waals surface area (Å²) in [5.74, 6) is -1.34. The number of aryl methyl sites for hydroxylation is 3. The molecule has 4 N–H and O–H groups in total. The first-order valence-corrected chi connectivity index (χ1v) is 29.7. The van der Waals surface area contributed by atoms with E-state index < -0.39 is 47.2 Å². The predicted molar refractivity (Wildman–Crippen MR) is 316 cm³/mol. The number of benzene rings is 2. The van der Waals surface area contributed by atoms with Gasteiger partial charge >= 0.3 is 6.18 Å².